The molecule has 0 radical (unpaired) electrons. The summed E-state index contributed by atoms with van der Waals surface area (Å²) in [6, 6.07) is 0. The van der Waals surface area contributed by atoms with Gasteiger partial charge in [-0.25, -0.2) is 4.39 Å². The number of nitrogens with one attached hydrogen (secondary N) is 1. The first-order chi connectivity index (χ1) is 15.5. The minimum atomic E-state index is -8.09. The molecule has 22 heteroatoms. The fraction of sp³-hybridized carbons (Fsp3) is 0.933. The van der Waals surface area contributed by atoms with Crippen LogP contribution >= 0.6 is 11.8 Å². The quantitative estimate of drug-likeness (QED) is 0.176. The molecule has 1 atom stereocenters. The van der Waals surface area contributed by atoms with Crippen LogP contribution in [0.4, 0.5) is 61.5 Å². The minimum absolute atomic E-state index is 0. The Morgan fingerprint density at radius 1 is 0.838 bits per heavy atom. The van der Waals surface area contributed by atoms with Gasteiger partial charge in [-0.2, -0.15) is 65.5 Å². The second-order valence-electron chi connectivity index (χ2n) is 7.89. The first kappa shape index (κ1) is 38.9. The van der Waals surface area contributed by atoms with Crippen molar-refractivity contribution >= 4 is 57.3 Å². The average Bonchev–Trinajstić information content (AvgIpc) is 2.56. The Morgan fingerprint density at radius 2 is 1.24 bits per heavy atom. The molecule has 0 rings (SSSR count). The van der Waals surface area contributed by atoms with Gasteiger partial charge in [0, 0.05) is 12.2 Å². The molecular formula is C15H18F14NNaO4S2. The van der Waals surface area contributed by atoms with Crippen molar-refractivity contribution < 1.29 is 79.2 Å². The van der Waals surface area contributed by atoms with Crippen molar-refractivity contribution in [2.45, 2.75) is 73.5 Å². The van der Waals surface area contributed by atoms with Crippen molar-refractivity contribution in [1.29, 1.82) is 0 Å². The van der Waals surface area contributed by atoms with Gasteiger partial charge in [0.05, 0.1) is 17.7 Å². The third-order valence-electron chi connectivity index (χ3n) is 4.06. The fourth-order valence-electron chi connectivity index (χ4n) is 2.40. The normalized spacial score (nSPS) is 15.7. The first-order valence-electron chi connectivity index (χ1n) is 8.93. The number of thioether (sulfide) groups is 1. The Balaban J connectivity index is 0. The standard InChI is InChI=1S/C15H17F14NO4S2.Na.H/c1-9(2,6-36(32,33)34)30-8(31)3-4-35-7(16)5-10(17,18)11(19,20)12(21,22)13(23,24)14(25,26)15(27,28)29;;/h7H,3-6H2,1-2H3,(H,30,31)(H,32,33,34);;. The first-order valence-corrected chi connectivity index (χ1v) is 11.6. The molecule has 0 aromatic heterocycles. The van der Waals surface area contributed by atoms with Gasteiger partial charge in [-0.05, 0) is 13.8 Å². The van der Waals surface area contributed by atoms with Gasteiger partial charge in [0.15, 0.2) is 5.50 Å². The van der Waals surface area contributed by atoms with E-state index >= 15 is 0 Å². The van der Waals surface area contributed by atoms with Crippen LogP contribution in [0.5, 0.6) is 0 Å². The molecule has 1 unspecified atom stereocenters. The van der Waals surface area contributed by atoms with Gasteiger partial charge < -0.3 is 5.32 Å². The van der Waals surface area contributed by atoms with Crippen molar-refractivity contribution in [3.05, 3.63) is 0 Å². The van der Waals surface area contributed by atoms with Crippen molar-refractivity contribution in [3.8, 4) is 0 Å². The predicted molar refractivity (Wildman–Crippen MR) is 103 cm³/mol. The van der Waals surface area contributed by atoms with Gasteiger partial charge >= 0.3 is 65.3 Å². The molecule has 37 heavy (non-hydrogen) atoms. The summed E-state index contributed by atoms with van der Waals surface area (Å²) in [4.78, 5) is 11.7. The van der Waals surface area contributed by atoms with E-state index in [2.05, 4.69) is 0 Å². The molecule has 0 saturated heterocycles. The number of hydrogen-bond acceptors (Lipinski definition) is 4. The van der Waals surface area contributed by atoms with E-state index in [4.69, 9.17) is 4.55 Å². The Kier molecular flexibility index (Phi) is 12.7. The Labute approximate surface area is 226 Å². The van der Waals surface area contributed by atoms with E-state index in [1.807, 2.05) is 5.32 Å². The second kappa shape index (κ2) is 12.1. The maximum absolute atomic E-state index is 13.7. The number of carbonyl (C=O) groups excluding carboxylic acids is 1. The van der Waals surface area contributed by atoms with E-state index in [-0.39, 0.29) is 29.6 Å². The van der Waals surface area contributed by atoms with E-state index in [1.165, 1.54) is 0 Å². The second-order valence-corrected chi connectivity index (χ2v) is 10.6. The molecule has 0 saturated carbocycles. The van der Waals surface area contributed by atoms with Crippen LogP contribution in [0.3, 0.4) is 0 Å². The molecule has 0 aromatic carbocycles. The molecule has 0 aliphatic carbocycles. The van der Waals surface area contributed by atoms with E-state index in [0.717, 1.165) is 13.8 Å². The zero-order valence-corrected chi connectivity index (χ0v) is 19.3. The topological polar surface area (TPSA) is 83.5 Å². The Hall–Kier alpha value is -0.250. The summed E-state index contributed by atoms with van der Waals surface area (Å²) in [5.41, 5.74) is -4.97. The van der Waals surface area contributed by atoms with Crippen molar-refractivity contribution in [2.75, 3.05) is 11.5 Å². The number of amides is 1. The molecule has 218 valence electrons. The summed E-state index contributed by atoms with van der Waals surface area (Å²) in [7, 11) is -4.59. The SMILES string of the molecule is CC(C)(CS(=O)(=O)O)NC(=O)CCSC(F)CC(F)(F)C(F)(F)C(F)(F)C(F)(F)C(F)(F)C(F)(F)F.[NaH]. The molecule has 0 spiro atoms. The van der Waals surface area contributed by atoms with Gasteiger partial charge in [-0.15, -0.1) is 11.8 Å². The molecule has 0 aliphatic heterocycles. The number of rotatable bonds is 13. The third-order valence-corrected chi connectivity index (χ3v) is 6.12. The van der Waals surface area contributed by atoms with Crippen LogP contribution in [0.15, 0.2) is 0 Å². The zero-order chi connectivity index (χ0) is 29.4. The Morgan fingerprint density at radius 3 is 1.62 bits per heavy atom. The van der Waals surface area contributed by atoms with Crippen LogP contribution in [-0.2, 0) is 14.9 Å². The van der Waals surface area contributed by atoms with E-state index in [1.54, 1.807) is 0 Å². The molecular weight excluding hydrogens is 611 g/mol. The molecule has 0 aromatic rings. The monoisotopic (exact) mass is 629 g/mol. The zero-order valence-electron chi connectivity index (χ0n) is 17.7. The van der Waals surface area contributed by atoms with Gasteiger partial charge in [0.25, 0.3) is 10.1 Å². The fourth-order valence-corrected chi connectivity index (χ4v) is 4.27. The molecule has 0 aliphatic rings. The summed E-state index contributed by atoms with van der Waals surface area (Å²) in [6.07, 6.45) is -11.5. The summed E-state index contributed by atoms with van der Waals surface area (Å²) in [5.74, 6) is -41.2. The number of alkyl halides is 14. The van der Waals surface area contributed by atoms with Crippen LogP contribution in [0.25, 0.3) is 0 Å². The Bertz CT molecular complexity index is 896. The van der Waals surface area contributed by atoms with Crippen molar-refractivity contribution in [1.82, 2.24) is 5.32 Å². The molecule has 1 amide bonds. The van der Waals surface area contributed by atoms with E-state index in [0.29, 0.717) is 0 Å². The third kappa shape index (κ3) is 9.14. The summed E-state index contributed by atoms with van der Waals surface area (Å²) in [5, 5.41) is 1.99. The molecule has 0 fully saturated rings. The van der Waals surface area contributed by atoms with Crippen LogP contribution in [0.1, 0.15) is 26.7 Å². The summed E-state index contributed by atoms with van der Waals surface area (Å²) >= 11 is -0.454. The van der Waals surface area contributed by atoms with Crippen LogP contribution in [0.2, 0.25) is 0 Å². The molecule has 2 N–H and O–H groups in total. The molecule has 0 bridgehead atoms. The van der Waals surface area contributed by atoms with Gasteiger partial charge in [-0.1, -0.05) is 0 Å². The van der Waals surface area contributed by atoms with Crippen molar-refractivity contribution in [2.24, 2.45) is 0 Å². The number of carbonyl (C=O) groups is 1. The van der Waals surface area contributed by atoms with Gasteiger partial charge in [-0.3, -0.25) is 9.35 Å². The van der Waals surface area contributed by atoms with Crippen molar-refractivity contribution in [3.63, 3.8) is 0 Å². The summed E-state index contributed by atoms with van der Waals surface area (Å²) in [6.45, 7) is 2.18. The molecule has 5 nitrogen and oxygen atoms in total. The van der Waals surface area contributed by atoms with Gasteiger partial charge in [0.2, 0.25) is 5.91 Å². The van der Waals surface area contributed by atoms with Crippen LogP contribution in [0, 0.1) is 0 Å². The maximum atomic E-state index is 13.7. The molecule has 0 heterocycles. The number of hydrogen-bond donors (Lipinski definition) is 2. The predicted octanol–water partition coefficient (Wildman–Crippen LogP) is 4.67. The average molecular weight is 629 g/mol. The van der Waals surface area contributed by atoms with Gasteiger partial charge in [0.1, 0.15) is 0 Å². The van der Waals surface area contributed by atoms with Crippen LogP contribution < -0.4 is 5.32 Å². The number of halogens is 14. The van der Waals surface area contributed by atoms with E-state index < -0.39 is 99.0 Å². The summed E-state index contributed by atoms with van der Waals surface area (Å²) < 4.78 is 213. The van der Waals surface area contributed by atoms with Crippen LogP contribution in [-0.4, -0.2) is 107 Å². The van der Waals surface area contributed by atoms with E-state index in [9.17, 15) is 74.7 Å².